The Morgan fingerprint density at radius 1 is 1.43 bits per heavy atom. The number of aliphatic imine (C=N–C) groups is 1. The van der Waals surface area contributed by atoms with E-state index in [1.165, 1.54) is 0 Å². The van der Waals surface area contributed by atoms with Crippen LogP contribution in [0, 0.1) is 0 Å². The summed E-state index contributed by atoms with van der Waals surface area (Å²) in [5.41, 5.74) is 11.6. The fraction of sp³-hybridized carbons (Fsp3) is 0.300. The van der Waals surface area contributed by atoms with Gasteiger partial charge in [-0.05, 0) is 18.1 Å². The zero-order chi connectivity index (χ0) is 10.6. The van der Waals surface area contributed by atoms with Gasteiger partial charge in [-0.15, -0.1) is 0 Å². The first-order chi connectivity index (χ1) is 6.65. The molecule has 1 aromatic rings. The van der Waals surface area contributed by atoms with Gasteiger partial charge in [-0.25, -0.2) is 4.99 Å². The number of benzene rings is 1. The molecule has 1 atom stereocenters. The molecule has 0 bridgehead atoms. The monoisotopic (exact) mass is 211 g/mol. The van der Waals surface area contributed by atoms with Crippen LogP contribution in [0.1, 0.15) is 24.9 Å². The Labute approximate surface area is 88.8 Å². The molecule has 4 heteroatoms. The van der Waals surface area contributed by atoms with Crippen molar-refractivity contribution in [2.24, 2.45) is 16.5 Å². The van der Waals surface area contributed by atoms with E-state index in [0.29, 0.717) is 5.02 Å². The van der Waals surface area contributed by atoms with E-state index >= 15 is 0 Å². The molecule has 0 unspecified atom stereocenters. The molecule has 0 fully saturated rings. The van der Waals surface area contributed by atoms with Crippen LogP contribution in [0.5, 0.6) is 0 Å². The Morgan fingerprint density at radius 2 is 2.07 bits per heavy atom. The fourth-order valence-electron chi connectivity index (χ4n) is 1.31. The van der Waals surface area contributed by atoms with Crippen LogP contribution < -0.4 is 11.5 Å². The van der Waals surface area contributed by atoms with Gasteiger partial charge in [-0.1, -0.05) is 36.7 Å². The molecule has 0 heterocycles. The van der Waals surface area contributed by atoms with Crippen LogP contribution in [0.4, 0.5) is 0 Å². The highest BCUT2D eigenvalue weighted by Gasteiger charge is 2.10. The molecule has 0 aliphatic heterocycles. The first-order valence-corrected chi connectivity index (χ1v) is 4.86. The van der Waals surface area contributed by atoms with Gasteiger partial charge >= 0.3 is 0 Å². The lowest BCUT2D eigenvalue weighted by molar-refractivity contribution is 0.699. The molecule has 0 aromatic heterocycles. The van der Waals surface area contributed by atoms with E-state index in [4.69, 9.17) is 23.1 Å². The van der Waals surface area contributed by atoms with E-state index < -0.39 is 0 Å². The molecular weight excluding hydrogens is 198 g/mol. The lowest BCUT2D eigenvalue weighted by Crippen LogP contribution is -2.23. The molecule has 0 radical (unpaired) electrons. The van der Waals surface area contributed by atoms with Crippen molar-refractivity contribution < 1.29 is 0 Å². The molecule has 1 aromatic carbocycles. The van der Waals surface area contributed by atoms with Crippen molar-refractivity contribution in [2.75, 3.05) is 0 Å². The molecule has 4 N–H and O–H groups in total. The largest absolute Gasteiger partial charge is 0.370 e. The number of hydrogen-bond acceptors (Lipinski definition) is 1. The van der Waals surface area contributed by atoms with Gasteiger partial charge in [0.1, 0.15) is 0 Å². The van der Waals surface area contributed by atoms with E-state index in [-0.39, 0.29) is 12.0 Å². The van der Waals surface area contributed by atoms with Gasteiger partial charge < -0.3 is 11.5 Å². The maximum absolute atomic E-state index is 6.03. The number of rotatable bonds is 3. The molecule has 1 rings (SSSR count). The van der Waals surface area contributed by atoms with Crippen LogP contribution in [-0.2, 0) is 0 Å². The average Bonchev–Trinajstić information content (AvgIpc) is 2.15. The Balaban J connectivity index is 3.01. The molecule has 3 nitrogen and oxygen atoms in total. The van der Waals surface area contributed by atoms with Gasteiger partial charge in [0.2, 0.25) is 0 Å². The fourth-order valence-corrected chi connectivity index (χ4v) is 1.57. The lowest BCUT2D eigenvalue weighted by Gasteiger charge is -2.12. The summed E-state index contributed by atoms with van der Waals surface area (Å²) in [6, 6.07) is 7.53. The van der Waals surface area contributed by atoms with E-state index in [2.05, 4.69) is 4.99 Å². The second-order valence-corrected chi connectivity index (χ2v) is 3.41. The zero-order valence-electron chi connectivity index (χ0n) is 8.07. The highest BCUT2D eigenvalue weighted by molar-refractivity contribution is 6.31. The van der Waals surface area contributed by atoms with Crippen molar-refractivity contribution >= 4 is 17.6 Å². The summed E-state index contributed by atoms with van der Waals surface area (Å²) in [4.78, 5) is 4.11. The van der Waals surface area contributed by atoms with Gasteiger partial charge in [0.15, 0.2) is 5.96 Å². The van der Waals surface area contributed by atoms with Gasteiger partial charge in [-0.2, -0.15) is 0 Å². The van der Waals surface area contributed by atoms with Crippen molar-refractivity contribution in [1.82, 2.24) is 0 Å². The van der Waals surface area contributed by atoms with Crippen molar-refractivity contribution in [1.29, 1.82) is 0 Å². The quantitative estimate of drug-likeness (QED) is 0.594. The summed E-state index contributed by atoms with van der Waals surface area (Å²) in [6.45, 7) is 2.01. The maximum Gasteiger partial charge on any atom is 0.186 e. The first-order valence-electron chi connectivity index (χ1n) is 4.48. The number of hydrogen-bond donors (Lipinski definition) is 2. The van der Waals surface area contributed by atoms with E-state index in [1.807, 2.05) is 31.2 Å². The van der Waals surface area contributed by atoms with Crippen molar-refractivity contribution in [3.05, 3.63) is 34.9 Å². The van der Waals surface area contributed by atoms with Crippen LogP contribution in [-0.4, -0.2) is 5.96 Å². The van der Waals surface area contributed by atoms with Crippen LogP contribution in [0.2, 0.25) is 5.02 Å². The van der Waals surface area contributed by atoms with Crippen molar-refractivity contribution in [3.63, 3.8) is 0 Å². The molecule has 76 valence electrons. The third-order valence-electron chi connectivity index (χ3n) is 1.96. The number of guanidine groups is 1. The standard InChI is InChI=1S/C10H14ClN3/c1-2-9(14-10(12)13)7-5-3-4-6-8(7)11/h3-6,9H,2H2,1H3,(H4,12,13,14)/t9-/m1/s1. The summed E-state index contributed by atoms with van der Waals surface area (Å²) >= 11 is 6.03. The van der Waals surface area contributed by atoms with E-state index in [0.717, 1.165) is 12.0 Å². The minimum atomic E-state index is -0.0475. The van der Waals surface area contributed by atoms with Crippen molar-refractivity contribution in [3.8, 4) is 0 Å². The predicted octanol–water partition coefficient (Wildman–Crippen LogP) is 2.06. The molecule has 0 saturated carbocycles. The summed E-state index contributed by atoms with van der Waals surface area (Å²) in [6.07, 6.45) is 0.821. The third-order valence-corrected chi connectivity index (χ3v) is 2.30. The van der Waals surface area contributed by atoms with Gasteiger partial charge in [-0.3, -0.25) is 0 Å². The van der Waals surface area contributed by atoms with Gasteiger partial charge in [0.25, 0.3) is 0 Å². The average molecular weight is 212 g/mol. The van der Waals surface area contributed by atoms with E-state index in [1.54, 1.807) is 0 Å². The minimum Gasteiger partial charge on any atom is -0.370 e. The Hall–Kier alpha value is -1.22. The lowest BCUT2D eigenvalue weighted by atomic mass is 10.1. The van der Waals surface area contributed by atoms with Gasteiger partial charge in [0, 0.05) is 5.02 Å². The smallest absolute Gasteiger partial charge is 0.186 e. The molecule has 0 amide bonds. The molecule has 0 saturated heterocycles. The summed E-state index contributed by atoms with van der Waals surface area (Å²) in [5.74, 6) is 0.0942. The molecule has 0 aliphatic rings. The zero-order valence-corrected chi connectivity index (χ0v) is 8.83. The molecule has 14 heavy (non-hydrogen) atoms. The topological polar surface area (TPSA) is 64.4 Å². The SMILES string of the molecule is CC[C@@H](N=C(N)N)c1ccccc1Cl. The van der Waals surface area contributed by atoms with Crippen LogP contribution in [0.25, 0.3) is 0 Å². The number of nitrogens with two attached hydrogens (primary N) is 2. The van der Waals surface area contributed by atoms with Gasteiger partial charge in [0.05, 0.1) is 6.04 Å². The predicted molar refractivity (Wildman–Crippen MR) is 60.3 cm³/mol. The third kappa shape index (κ3) is 2.64. The normalized spacial score (nSPS) is 12.1. The molecule has 0 spiro atoms. The first kappa shape index (κ1) is 10.9. The summed E-state index contributed by atoms with van der Waals surface area (Å²) < 4.78 is 0. The molecular formula is C10H14ClN3. The van der Waals surface area contributed by atoms with Crippen LogP contribution >= 0.6 is 11.6 Å². The second-order valence-electron chi connectivity index (χ2n) is 3.00. The van der Waals surface area contributed by atoms with Crippen LogP contribution in [0.3, 0.4) is 0 Å². The Morgan fingerprint density at radius 3 is 2.57 bits per heavy atom. The molecule has 0 aliphatic carbocycles. The number of nitrogens with zero attached hydrogens (tertiary/aromatic N) is 1. The Kier molecular flexibility index (Phi) is 3.77. The van der Waals surface area contributed by atoms with E-state index in [9.17, 15) is 0 Å². The second kappa shape index (κ2) is 4.86. The maximum atomic E-state index is 6.03. The summed E-state index contributed by atoms with van der Waals surface area (Å²) in [7, 11) is 0. The Bertz CT molecular complexity index is 332. The highest BCUT2D eigenvalue weighted by atomic mass is 35.5. The summed E-state index contributed by atoms with van der Waals surface area (Å²) in [5, 5.41) is 0.698. The van der Waals surface area contributed by atoms with Crippen molar-refractivity contribution in [2.45, 2.75) is 19.4 Å². The highest BCUT2D eigenvalue weighted by Crippen LogP contribution is 2.27. The number of halogens is 1. The van der Waals surface area contributed by atoms with Crippen LogP contribution in [0.15, 0.2) is 29.3 Å². The minimum absolute atomic E-state index is 0.0475.